The molecule has 0 aliphatic heterocycles. The predicted molar refractivity (Wildman–Crippen MR) is 101 cm³/mol. The Balaban J connectivity index is 1.50. The van der Waals surface area contributed by atoms with E-state index in [1.807, 2.05) is 39.0 Å². The standard InChI is InChI=1S/C20H26N4O3/c1-20(2,3)27-19(25)23-15-6-8-16(9-7-15)26-18-22-12-10-17(24-18)14-5-4-11-21-13-14/h4-5,10-13,15-16H,6-9H2,1-3H3,(H,23,25). The van der Waals surface area contributed by atoms with E-state index in [9.17, 15) is 4.79 Å². The molecule has 27 heavy (non-hydrogen) atoms. The molecular weight excluding hydrogens is 344 g/mol. The number of hydrogen-bond acceptors (Lipinski definition) is 6. The quantitative estimate of drug-likeness (QED) is 0.882. The zero-order valence-electron chi connectivity index (χ0n) is 16.0. The lowest BCUT2D eigenvalue weighted by molar-refractivity contribution is 0.0467. The SMILES string of the molecule is CC(C)(C)OC(=O)NC1CCC(Oc2nccc(-c3cccnc3)n2)CC1. The third-order valence-electron chi connectivity index (χ3n) is 4.26. The van der Waals surface area contributed by atoms with Crippen LogP contribution < -0.4 is 10.1 Å². The number of amides is 1. The van der Waals surface area contributed by atoms with Gasteiger partial charge in [-0.2, -0.15) is 4.98 Å². The molecule has 1 amide bonds. The molecule has 0 saturated heterocycles. The molecule has 2 aromatic heterocycles. The lowest BCUT2D eigenvalue weighted by atomic mass is 9.93. The number of alkyl carbamates (subject to hydrolysis) is 1. The average molecular weight is 370 g/mol. The van der Waals surface area contributed by atoms with Crippen molar-refractivity contribution in [3.8, 4) is 17.3 Å². The molecule has 1 fully saturated rings. The summed E-state index contributed by atoms with van der Waals surface area (Å²) in [5.74, 6) is 0. The number of aromatic nitrogens is 3. The Morgan fingerprint density at radius 1 is 1.15 bits per heavy atom. The summed E-state index contributed by atoms with van der Waals surface area (Å²) in [4.78, 5) is 24.7. The Morgan fingerprint density at radius 2 is 1.93 bits per heavy atom. The molecule has 7 nitrogen and oxygen atoms in total. The summed E-state index contributed by atoms with van der Waals surface area (Å²) in [7, 11) is 0. The van der Waals surface area contributed by atoms with Crippen LogP contribution in [0.4, 0.5) is 4.79 Å². The summed E-state index contributed by atoms with van der Waals surface area (Å²) < 4.78 is 11.3. The summed E-state index contributed by atoms with van der Waals surface area (Å²) in [6, 6.07) is 6.15. The van der Waals surface area contributed by atoms with Gasteiger partial charge in [-0.05, 0) is 64.7 Å². The fourth-order valence-corrected chi connectivity index (χ4v) is 3.02. The van der Waals surface area contributed by atoms with Crippen molar-refractivity contribution in [2.24, 2.45) is 0 Å². The van der Waals surface area contributed by atoms with Gasteiger partial charge in [0.05, 0.1) is 5.69 Å². The Bertz CT molecular complexity index is 753. The summed E-state index contributed by atoms with van der Waals surface area (Å²) in [5, 5.41) is 2.94. The first-order valence-electron chi connectivity index (χ1n) is 9.29. The number of hydrogen-bond donors (Lipinski definition) is 1. The average Bonchev–Trinajstić information content (AvgIpc) is 2.63. The smallest absolute Gasteiger partial charge is 0.407 e. The minimum Gasteiger partial charge on any atom is -0.460 e. The van der Waals surface area contributed by atoms with Crippen LogP contribution >= 0.6 is 0 Å². The van der Waals surface area contributed by atoms with E-state index >= 15 is 0 Å². The number of nitrogens with one attached hydrogen (secondary N) is 1. The minimum absolute atomic E-state index is 0.0471. The lowest BCUT2D eigenvalue weighted by Gasteiger charge is -2.29. The minimum atomic E-state index is -0.485. The third-order valence-corrected chi connectivity index (χ3v) is 4.26. The summed E-state index contributed by atoms with van der Waals surface area (Å²) >= 11 is 0. The van der Waals surface area contributed by atoms with E-state index in [0.29, 0.717) is 6.01 Å². The first kappa shape index (κ1) is 19.1. The highest BCUT2D eigenvalue weighted by molar-refractivity contribution is 5.68. The van der Waals surface area contributed by atoms with Gasteiger partial charge in [0.1, 0.15) is 11.7 Å². The molecule has 1 saturated carbocycles. The molecule has 1 N–H and O–H groups in total. The second kappa shape index (κ2) is 8.33. The van der Waals surface area contributed by atoms with Gasteiger partial charge in [-0.25, -0.2) is 9.78 Å². The number of nitrogens with zero attached hydrogens (tertiary/aromatic N) is 3. The summed E-state index contributed by atoms with van der Waals surface area (Å²) in [6.07, 6.45) is 8.22. The third kappa shape index (κ3) is 5.91. The van der Waals surface area contributed by atoms with Gasteiger partial charge in [0.2, 0.25) is 0 Å². The van der Waals surface area contributed by atoms with Crippen LogP contribution in [0.25, 0.3) is 11.3 Å². The molecule has 0 radical (unpaired) electrons. The number of pyridine rings is 1. The van der Waals surface area contributed by atoms with E-state index in [0.717, 1.165) is 36.9 Å². The van der Waals surface area contributed by atoms with Crippen LogP contribution in [0.2, 0.25) is 0 Å². The maximum atomic E-state index is 11.9. The van der Waals surface area contributed by atoms with Crippen molar-refractivity contribution >= 4 is 6.09 Å². The molecule has 0 unspecified atom stereocenters. The second-order valence-electron chi connectivity index (χ2n) is 7.70. The highest BCUT2D eigenvalue weighted by Crippen LogP contribution is 2.24. The number of rotatable bonds is 4. The highest BCUT2D eigenvalue weighted by Gasteiger charge is 2.26. The Kier molecular flexibility index (Phi) is 5.88. The van der Waals surface area contributed by atoms with Crippen molar-refractivity contribution in [1.82, 2.24) is 20.3 Å². The van der Waals surface area contributed by atoms with Crippen molar-refractivity contribution in [1.29, 1.82) is 0 Å². The molecule has 0 spiro atoms. The van der Waals surface area contributed by atoms with Crippen molar-refractivity contribution in [3.05, 3.63) is 36.8 Å². The molecule has 1 aliphatic carbocycles. The van der Waals surface area contributed by atoms with E-state index in [2.05, 4.69) is 20.3 Å². The zero-order valence-corrected chi connectivity index (χ0v) is 16.0. The molecule has 3 rings (SSSR count). The van der Waals surface area contributed by atoms with Gasteiger partial charge in [-0.15, -0.1) is 0 Å². The topological polar surface area (TPSA) is 86.2 Å². The highest BCUT2D eigenvalue weighted by atomic mass is 16.6. The number of ether oxygens (including phenoxy) is 2. The molecule has 2 heterocycles. The van der Waals surface area contributed by atoms with Gasteiger partial charge >= 0.3 is 12.1 Å². The van der Waals surface area contributed by atoms with Gasteiger partial charge in [0.25, 0.3) is 0 Å². The normalized spacial score (nSPS) is 20.0. The molecule has 0 bridgehead atoms. The van der Waals surface area contributed by atoms with Crippen molar-refractivity contribution in [2.75, 3.05) is 0 Å². The maximum absolute atomic E-state index is 11.9. The Hall–Kier alpha value is -2.70. The van der Waals surface area contributed by atoms with Crippen LogP contribution in [0.3, 0.4) is 0 Å². The fourth-order valence-electron chi connectivity index (χ4n) is 3.02. The van der Waals surface area contributed by atoms with Gasteiger partial charge in [-0.1, -0.05) is 0 Å². The van der Waals surface area contributed by atoms with Gasteiger partial charge in [0, 0.05) is 30.2 Å². The zero-order chi connectivity index (χ0) is 19.3. The number of carbonyl (C=O) groups excluding carboxylic acids is 1. The van der Waals surface area contributed by atoms with Crippen molar-refractivity contribution in [2.45, 2.75) is 64.2 Å². The van der Waals surface area contributed by atoms with Crippen LogP contribution in [0.5, 0.6) is 6.01 Å². The van der Waals surface area contributed by atoms with Crippen LogP contribution in [0.15, 0.2) is 36.8 Å². The van der Waals surface area contributed by atoms with Gasteiger partial charge < -0.3 is 14.8 Å². The Labute approximate surface area is 159 Å². The first-order chi connectivity index (χ1) is 12.9. The van der Waals surface area contributed by atoms with E-state index in [1.165, 1.54) is 0 Å². The van der Waals surface area contributed by atoms with Crippen molar-refractivity contribution in [3.63, 3.8) is 0 Å². The largest absolute Gasteiger partial charge is 0.460 e. The lowest BCUT2D eigenvalue weighted by Crippen LogP contribution is -2.42. The van der Waals surface area contributed by atoms with Crippen LogP contribution in [0, 0.1) is 0 Å². The van der Waals surface area contributed by atoms with Crippen LogP contribution in [-0.2, 0) is 4.74 Å². The maximum Gasteiger partial charge on any atom is 0.407 e. The fraction of sp³-hybridized carbons (Fsp3) is 0.500. The molecule has 1 aliphatic rings. The first-order valence-corrected chi connectivity index (χ1v) is 9.29. The monoisotopic (exact) mass is 370 g/mol. The Morgan fingerprint density at radius 3 is 2.59 bits per heavy atom. The van der Waals surface area contributed by atoms with Crippen LogP contribution in [-0.4, -0.2) is 38.8 Å². The van der Waals surface area contributed by atoms with E-state index in [4.69, 9.17) is 9.47 Å². The predicted octanol–water partition coefficient (Wildman–Crippen LogP) is 3.75. The molecule has 0 aromatic carbocycles. The molecule has 7 heteroatoms. The van der Waals surface area contributed by atoms with E-state index in [-0.39, 0.29) is 18.2 Å². The second-order valence-corrected chi connectivity index (χ2v) is 7.70. The van der Waals surface area contributed by atoms with Gasteiger partial charge in [-0.3, -0.25) is 4.98 Å². The molecular formula is C20H26N4O3. The molecule has 0 atom stereocenters. The van der Waals surface area contributed by atoms with E-state index in [1.54, 1.807) is 18.6 Å². The van der Waals surface area contributed by atoms with Crippen LogP contribution in [0.1, 0.15) is 46.5 Å². The summed E-state index contributed by atoms with van der Waals surface area (Å²) in [6.45, 7) is 5.57. The van der Waals surface area contributed by atoms with Crippen molar-refractivity contribution < 1.29 is 14.3 Å². The molecule has 144 valence electrons. The van der Waals surface area contributed by atoms with E-state index < -0.39 is 5.60 Å². The number of carbonyl (C=O) groups is 1. The molecule has 2 aromatic rings. The van der Waals surface area contributed by atoms with Gasteiger partial charge in [0.15, 0.2) is 0 Å². The summed E-state index contributed by atoms with van der Waals surface area (Å²) in [5.41, 5.74) is 1.23.